The highest BCUT2D eigenvalue weighted by Gasteiger charge is 2.22. The van der Waals surface area contributed by atoms with Crippen molar-refractivity contribution < 1.29 is 0 Å². The fourth-order valence-corrected chi connectivity index (χ4v) is 16.1. The molecule has 0 saturated carbocycles. The quantitative estimate of drug-likeness (QED) is 0.152. The van der Waals surface area contributed by atoms with E-state index in [1.165, 1.54) is 154 Å². The number of aromatic nitrogens is 7. The van der Waals surface area contributed by atoms with Gasteiger partial charge in [-0.05, 0) is 208 Å². The van der Waals surface area contributed by atoms with E-state index in [9.17, 15) is 0 Å². The van der Waals surface area contributed by atoms with Crippen LogP contribution in [0, 0.1) is 41.5 Å². The molecule has 0 fully saturated rings. The van der Waals surface area contributed by atoms with Crippen LogP contribution in [0.1, 0.15) is 33.4 Å². The number of benzene rings is 14. The van der Waals surface area contributed by atoms with Crippen LogP contribution in [0.5, 0.6) is 0 Å². The van der Waals surface area contributed by atoms with E-state index in [1.807, 2.05) is 0 Å². The molecule has 0 aliphatic rings. The molecule has 0 unspecified atom stereocenters. The highest BCUT2D eigenvalue weighted by atomic mass is 15.1. The third-order valence-electron chi connectivity index (χ3n) is 20.9. The van der Waals surface area contributed by atoms with Gasteiger partial charge in [0.15, 0.2) is 5.82 Å². The Hall–Kier alpha value is -12.8. The van der Waals surface area contributed by atoms with Gasteiger partial charge >= 0.3 is 0 Å². The predicted octanol–water partition coefficient (Wildman–Crippen LogP) is 24.5. The summed E-state index contributed by atoms with van der Waals surface area (Å²) in [5, 5.41) is 12.4. The second-order valence-electron chi connectivity index (χ2n) is 27.4. The molecule has 0 aliphatic carbocycles. The molecule has 0 radical (unpaired) electrons. The fraction of sp³-hybridized carbons (Fsp3) is 0.0638. The van der Waals surface area contributed by atoms with E-state index < -0.39 is 0 Å². The first-order valence-corrected chi connectivity index (χ1v) is 34.9. The van der Waals surface area contributed by atoms with Crippen LogP contribution in [0.25, 0.3) is 171 Å². The highest BCUT2D eigenvalue weighted by molar-refractivity contribution is 6.14. The molecule has 20 aromatic rings. The van der Waals surface area contributed by atoms with Crippen molar-refractivity contribution in [2.24, 2.45) is 0 Å². The average molecular weight is 1300 g/mol. The minimum absolute atomic E-state index is 0.667. The van der Waals surface area contributed by atoms with Gasteiger partial charge in [-0.2, -0.15) is 0 Å². The minimum atomic E-state index is 0.667. The average Bonchev–Trinajstić information content (AvgIpc) is 1.62. The molecular formula is C94H69N7. The maximum absolute atomic E-state index is 5.34. The molecule has 101 heavy (non-hydrogen) atoms. The molecule has 0 saturated heterocycles. The summed E-state index contributed by atoms with van der Waals surface area (Å²) in [7, 11) is 0. The first-order valence-electron chi connectivity index (χ1n) is 34.9. The molecular weight excluding hydrogens is 1230 g/mol. The van der Waals surface area contributed by atoms with Crippen LogP contribution < -0.4 is 0 Å². The summed E-state index contributed by atoms with van der Waals surface area (Å²) in [4.78, 5) is 10.7. The molecule has 7 heteroatoms. The number of nitrogens with zero attached hydrogens (tertiary/aromatic N) is 7. The summed E-state index contributed by atoms with van der Waals surface area (Å²) in [5.74, 6) is 2.31. The lowest BCUT2D eigenvalue weighted by atomic mass is 9.91. The summed E-state index contributed by atoms with van der Waals surface area (Å²) in [6.07, 6.45) is 0. The van der Waals surface area contributed by atoms with Gasteiger partial charge in [0.25, 0.3) is 0 Å². The topological polar surface area (TPSA) is 50.4 Å². The Morgan fingerprint density at radius 1 is 0.198 bits per heavy atom. The van der Waals surface area contributed by atoms with Gasteiger partial charge in [0.05, 0.1) is 55.2 Å². The fourth-order valence-electron chi connectivity index (χ4n) is 16.1. The highest BCUT2D eigenvalue weighted by Crippen LogP contribution is 2.43. The molecule has 0 spiro atoms. The monoisotopic (exact) mass is 1300 g/mol. The Bertz CT molecular complexity index is 6260. The standard InChI is InChI=1S/C48H40N2.C46H29N5/c1-29-7-15-37(16-8-29)49-45-19-11-31(3)23-41(45)43-27-35(13-21-47(43)49)39-25-34(6)40(26-33(39)5)36-14-22-48-44(28-36)42-24-32(4)12-20-46(42)50(48)38-17-9-30(2)10-18-38;1-7-19-38-32(13-1)33-14-2-8-20-39(33)49(38)31-27-25-30(26-28-31)46-47-44(50-40-21-9-3-15-34(40)35-16-4-10-22-41(35)50)29-45(48-46)51-42-23-11-5-17-36(42)37-18-6-12-24-43(37)51/h7-28H,1-6H3;1-29H. The molecule has 20 rings (SSSR count). The van der Waals surface area contributed by atoms with Gasteiger partial charge in [-0.3, -0.25) is 9.13 Å². The molecule has 0 atom stereocenters. The van der Waals surface area contributed by atoms with Gasteiger partial charge in [-0.1, -0.05) is 192 Å². The molecule has 6 aromatic heterocycles. The zero-order valence-electron chi connectivity index (χ0n) is 57.1. The Morgan fingerprint density at radius 2 is 0.455 bits per heavy atom. The first-order chi connectivity index (χ1) is 49.5. The zero-order chi connectivity index (χ0) is 67.7. The van der Waals surface area contributed by atoms with E-state index >= 15 is 0 Å². The molecule has 0 bridgehead atoms. The second-order valence-corrected chi connectivity index (χ2v) is 27.4. The van der Waals surface area contributed by atoms with Crippen molar-refractivity contribution in [2.75, 3.05) is 0 Å². The van der Waals surface area contributed by atoms with Crippen LogP contribution in [0.4, 0.5) is 0 Å². The molecule has 480 valence electrons. The summed E-state index contributed by atoms with van der Waals surface area (Å²) in [6.45, 7) is 13.2. The maximum Gasteiger partial charge on any atom is 0.163 e. The smallest absolute Gasteiger partial charge is 0.163 e. The molecule has 0 amide bonds. The molecule has 14 aromatic carbocycles. The Labute approximate surface area is 584 Å². The van der Waals surface area contributed by atoms with E-state index in [4.69, 9.17) is 9.97 Å². The van der Waals surface area contributed by atoms with E-state index in [2.05, 4.69) is 374 Å². The SMILES string of the molecule is Cc1ccc(-n2c3ccc(C)cc3c3cc(-c4cc(C)c(-c5ccc6c(c5)c5cc(C)ccc5n6-c5ccc(C)cc5)cc4C)ccc32)cc1.c1ccc2c(c1)c1ccccc1n2-c1ccc(-c2nc(-n3c4ccccc4c4ccccc43)cc(-n3c4ccccc4c4ccccc43)n2)cc1. The van der Waals surface area contributed by atoms with Gasteiger partial charge < -0.3 is 13.7 Å². The Balaban J connectivity index is 0.000000140. The van der Waals surface area contributed by atoms with Crippen LogP contribution >= 0.6 is 0 Å². The van der Waals surface area contributed by atoms with Crippen LogP contribution in [-0.2, 0) is 0 Å². The lowest BCUT2D eigenvalue weighted by molar-refractivity contribution is 0.994. The van der Waals surface area contributed by atoms with Crippen molar-refractivity contribution in [1.29, 1.82) is 0 Å². The van der Waals surface area contributed by atoms with Crippen molar-refractivity contribution >= 4 is 109 Å². The third kappa shape index (κ3) is 9.71. The van der Waals surface area contributed by atoms with Gasteiger partial charge in [0.1, 0.15) is 11.6 Å². The number of aryl methyl sites for hydroxylation is 6. The third-order valence-corrected chi connectivity index (χ3v) is 20.9. The Morgan fingerprint density at radius 3 is 0.792 bits per heavy atom. The van der Waals surface area contributed by atoms with Crippen molar-refractivity contribution in [3.8, 4) is 62.3 Å². The predicted molar refractivity (Wildman–Crippen MR) is 425 cm³/mol. The zero-order valence-corrected chi connectivity index (χ0v) is 57.1. The van der Waals surface area contributed by atoms with E-state index in [-0.39, 0.29) is 0 Å². The lowest BCUT2D eigenvalue weighted by Gasteiger charge is -2.14. The van der Waals surface area contributed by atoms with Crippen molar-refractivity contribution in [2.45, 2.75) is 41.5 Å². The summed E-state index contributed by atoms with van der Waals surface area (Å²) < 4.78 is 11.7. The first kappa shape index (κ1) is 59.4. The van der Waals surface area contributed by atoms with Crippen molar-refractivity contribution in [3.05, 3.63) is 343 Å². The number of fused-ring (bicyclic) bond motifs is 15. The molecule has 0 N–H and O–H groups in total. The van der Waals surface area contributed by atoms with Crippen LogP contribution in [0.15, 0.2) is 309 Å². The largest absolute Gasteiger partial charge is 0.309 e. The van der Waals surface area contributed by atoms with E-state index in [1.54, 1.807) is 0 Å². The lowest BCUT2D eigenvalue weighted by Crippen LogP contribution is -2.06. The van der Waals surface area contributed by atoms with Crippen molar-refractivity contribution in [3.63, 3.8) is 0 Å². The van der Waals surface area contributed by atoms with Gasteiger partial charge in [0.2, 0.25) is 0 Å². The van der Waals surface area contributed by atoms with E-state index in [0.29, 0.717) is 5.82 Å². The van der Waals surface area contributed by atoms with Crippen LogP contribution in [-0.4, -0.2) is 32.8 Å². The summed E-state index contributed by atoms with van der Waals surface area (Å²) in [6, 6.07) is 112. The van der Waals surface area contributed by atoms with Gasteiger partial charge in [0, 0.05) is 82.6 Å². The number of rotatable bonds is 8. The van der Waals surface area contributed by atoms with Crippen LogP contribution in [0.2, 0.25) is 0 Å². The summed E-state index contributed by atoms with van der Waals surface area (Å²) >= 11 is 0. The van der Waals surface area contributed by atoms with Gasteiger partial charge in [-0.25, -0.2) is 9.97 Å². The minimum Gasteiger partial charge on any atom is -0.309 e. The number of para-hydroxylation sites is 6. The molecule has 0 aliphatic heterocycles. The Kier molecular flexibility index (Phi) is 13.8. The van der Waals surface area contributed by atoms with Gasteiger partial charge in [-0.15, -0.1) is 0 Å². The van der Waals surface area contributed by atoms with Crippen LogP contribution in [0.3, 0.4) is 0 Å². The molecule has 6 heterocycles. The second kappa shape index (κ2) is 23.4. The maximum atomic E-state index is 5.34. The number of hydrogen-bond acceptors (Lipinski definition) is 2. The summed E-state index contributed by atoms with van der Waals surface area (Å²) in [5.41, 5.74) is 28.9. The normalized spacial score (nSPS) is 11.9. The van der Waals surface area contributed by atoms with Crippen molar-refractivity contribution in [1.82, 2.24) is 32.8 Å². The number of hydrogen-bond donors (Lipinski definition) is 0. The van der Waals surface area contributed by atoms with E-state index in [0.717, 1.165) is 45.0 Å². The molecule has 7 nitrogen and oxygen atoms in total.